The molecule has 1 aromatic heterocycles. The summed E-state index contributed by atoms with van der Waals surface area (Å²) in [6.07, 6.45) is 4.59. The third-order valence-corrected chi connectivity index (χ3v) is 2.84. The summed E-state index contributed by atoms with van der Waals surface area (Å²) in [5.74, 6) is 0.448. The summed E-state index contributed by atoms with van der Waals surface area (Å²) in [6, 6.07) is 0. The lowest BCUT2D eigenvalue weighted by Crippen LogP contribution is -2.24. The molecule has 78 valence electrons. The van der Waals surface area contributed by atoms with Gasteiger partial charge < -0.3 is 4.90 Å². The van der Waals surface area contributed by atoms with Crippen molar-refractivity contribution in [1.82, 2.24) is 19.9 Å². The maximum absolute atomic E-state index is 5.64. The number of hydrogen-bond acceptors (Lipinski definition) is 3. The molecule has 1 fully saturated rings. The Hall–Kier alpha value is -0.610. The number of aromatic nitrogens is 3. The van der Waals surface area contributed by atoms with Gasteiger partial charge in [0.25, 0.3) is 0 Å². The average molecular weight is 215 g/mol. The molecule has 0 aliphatic carbocycles. The van der Waals surface area contributed by atoms with Crippen LogP contribution in [-0.2, 0) is 12.4 Å². The molecule has 0 unspecified atom stereocenters. The van der Waals surface area contributed by atoms with E-state index in [-0.39, 0.29) is 0 Å². The molecule has 0 saturated carbocycles. The van der Waals surface area contributed by atoms with E-state index in [2.05, 4.69) is 15.2 Å². The highest BCUT2D eigenvalue weighted by Crippen LogP contribution is 2.06. The van der Waals surface area contributed by atoms with E-state index in [9.17, 15) is 0 Å². The smallest absolute Gasteiger partial charge is 0.0974 e. The van der Waals surface area contributed by atoms with Gasteiger partial charge >= 0.3 is 0 Å². The summed E-state index contributed by atoms with van der Waals surface area (Å²) < 4.78 is 1.87. The Morgan fingerprint density at radius 1 is 1.29 bits per heavy atom. The van der Waals surface area contributed by atoms with Gasteiger partial charge in [-0.1, -0.05) is 5.21 Å². The first-order chi connectivity index (χ1) is 6.88. The van der Waals surface area contributed by atoms with Crippen LogP contribution in [0.15, 0.2) is 6.20 Å². The number of hydrogen-bond donors (Lipinski definition) is 0. The van der Waals surface area contributed by atoms with Crippen LogP contribution in [0.25, 0.3) is 0 Å². The topological polar surface area (TPSA) is 34.0 Å². The van der Waals surface area contributed by atoms with Crippen molar-refractivity contribution in [3.8, 4) is 0 Å². The first-order valence-electron chi connectivity index (χ1n) is 5.06. The van der Waals surface area contributed by atoms with E-state index in [0.717, 1.165) is 18.8 Å². The zero-order chi connectivity index (χ0) is 9.80. The van der Waals surface area contributed by atoms with Crippen LogP contribution in [0.2, 0.25) is 0 Å². The lowest BCUT2D eigenvalue weighted by atomic mass is 10.4. The second kappa shape index (κ2) is 4.75. The summed E-state index contributed by atoms with van der Waals surface area (Å²) in [5, 5.41) is 7.95. The quantitative estimate of drug-likeness (QED) is 0.705. The van der Waals surface area contributed by atoms with Gasteiger partial charge in [-0.3, -0.25) is 4.68 Å². The summed E-state index contributed by atoms with van der Waals surface area (Å²) in [7, 11) is 0. The second-order valence-corrected chi connectivity index (χ2v) is 3.92. The fourth-order valence-electron chi connectivity index (χ4n) is 1.76. The molecule has 0 aromatic carbocycles. The Kier molecular flexibility index (Phi) is 3.37. The van der Waals surface area contributed by atoms with E-state index in [0.29, 0.717) is 5.88 Å². The maximum Gasteiger partial charge on any atom is 0.0974 e. The molecule has 0 bridgehead atoms. The molecule has 0 radical (unpaired) electrons. The van der Waals surface area contributed by atoms with Gasteiger partial charge in [-0.05, 0) is 25.9 Å². The number of alkyl halides is 1. The molecule has 1 aromatic rings. The Morgan fingerprint density at radius 3 is 2.71 bits per heavy atom. The molecule has 5 heteroatoms. The molecule has 0 spiro atoms. The molecule has 0 amide bonds. The third kappa shape index (κ3) is 2.45. The Balaban J connectivity index is 1.79. The van der Waals surface area contributed by atoms with Gasteiger partial charge in [0.1, 0.15) is 0 Å². The van der Waals surface area contributed by atoms with Crippen LogP contribution in [-0.4, -0.2) is 39.5 Å². The van der Waals surface area contributed by atoms with Crippen molar-refractivity contribution in [2.75, 3.05) is 19.6 Å². The average Bonchev–Trinajstić information content (AvgIpc) is 2.86. The van der Waals surface area contributed by atoms with Crippen LogP contribution in [0, 0.1) is 0 Å². The van der Waals surface area contributed by atoms with Crippen molar-refractivity contribution in [1.29, 1.82) is 0 Å². The van der Waals surface area contributed by atoms with E-state index in [1.54, 1.807) is 0 Å². The molecule has 0 N–H and O–H groups in total. The van der Waals surface area contributed by atoms with E-state index >= 15 is 0 Å². The minimum atomic E-state index is 0.448. The first-order valence-corrected chi connectivity index (χ1v) is 5.59. The van der Waals surface area contributed by atoms with Crippen LogP contribution in [0.1, 0.15) is 18.5 Å². The highest BCUT2D eigenvalue weighted by molar-refractivity contribution is 6.16. The molecular formula is C9H15ClN4. The lowest BCUT2D eigenvalue weighted by Gasteiger charge is -2.13. The highest BCUT2D eigenvalue weighted by Gasteiger charge is 2.11. The fourth-order valence-corrected chi connectivity index (χ4v) is 1.88. The van der Waals surface area contributed by atoms with Crippen LogP contribution in [0.4, 0.5) is 0 Å². The number of nitrogens with zero attached hydrogens (tertiary/aromatic N) is 4. The normalized spacial score (nSPS) is 17.8. The van der Waals surface area contributed by atoms with Crippen molar-refractivity contribution in [3.05, 3.63) is 11.9 Å². The van der Waals surface area contributed by atoms with Crippen LogP contribution in [0.5, 0.6) is 0 Å². The number of rotatable bonds is 4. The van der Waals surface area contributed by atoms with E-state index in [1.807, 2.05) is 10.9 Å². The summed E-state index contributed by atoms with van der Waals surface area (Å²) >= 11 is 5.64. The van der Waals surface area contributed by atoms with E-state index < -0.39 is 0 Å². The van der Waals surface area contributed by atoms with Crippen molar-refractivity contribution in [2.24, 2.45) is 0 Å². The lowest BCUT2D eigenvalue weighted by molar-refractivity contribution is 0.314. The molecule has 1 aliphatic rings. The Bertz CT molecular complexity index is 280. The molecule has 1 saturated heterocycles. The molecule has 2 heterocycles. The minimum Gasteiger partial charge on any atom is -0.301 e. The van der Waals surface area contributed by atoms with Crippen LogP contribution < -0.4 is 0 Å². The first kappa shape index (κ1) is 9.93. The third-order valence-electron chi connectivity index (χ3n) is 2.57. The van der Waals surface area contributed by atoms with Gasteiger partial charge in [0, 0.05) is 12.7 Å². The standard InChI is InChI=1S/C9H15ClN4/c10-7-9-8-14(12-11-9)6-5-13-3-1-2-4-13/h8H,1-7H2. The largest absolute Gasteiger partial charge is 0.301 e. The number of likely N-dealkylation sites (tertiary alicyclic amines) is 1. The molecule has 14 heavy (non-hydrogen) atoms. The maximum atomic E-state index is 5.64. The van der Waals surface area contributed by atoms with Gasteiger partial charge in [0.2, 0.25) is 0 Å². The minimum absolute atomic E-state index is 0.448. The zero-order valence-electron chi connectivity index (χ0n) is 8.19. The predicted molar refractivity (Wildman–Crippen MR) is 55.3 cm³/mol. The van der Waals surface area contributed by atoms with Gasteiger partial charge in [0.15, 0.2) is 0 Å². The van der Waals surface area contributed by atoms with Crippen molar-refractivity contribution in [2.45, 2.75) is 25.3 Å². The van der Waals surface area contributed by atoms with Crippen molar-refractivity contribution >= 4 is 11.6 Å². The summed E-state index contributed by atoms with van der Waals surface area (Å²) in [5.41, 5.74) is 0.855. The molecule has 0 atom stereocenters. The summed E-state index contributed by atoms with van der Waals surface area (Å²) in [6.45, 7) is 4.46. The SMILES string of the molecule is ClCc1cn(CCN2CCCC2)nn1. The van der Waals surface area contributed by atoms with Gasteiger partial charge in [-0.25, -0.2) is 0 Å². The molecular weight excluding hydrogens is 200 g/mol. The van der Waals surface area contributed by atoms with Crippen LogP contribution in [0.3, 0.4) is 0 Å². The van der Waals surface area contributed by atoms with Crippen LogP contribution >= 0.6 is 11.6 Å². The molecule has 4 nitrogen and oxygen atoms in total. The summed E-state index contributed by atoms with van der Waals surface area (Å²) in [4.78, 5) is 2.46. The highest BCUT2D eigenvalue weighted by atomic mass is 35.5. The van der Waals surface area contributed by atoms with E-state index in [1.165, 1.54) is 25.9 Å². The Morgan fingerprint density at radius 2 is 2.07 bits per heavy atom. The number of halogens is 1. The monoisotopic (exact) mass is 214 g/mol. The fraction of sp³-hybridized carbons (Fsp3) is 0.778. The van der Waals surface area contributed by atoms with E-state index in [4.69, 9.17) is 11.6 Å². The van der Waals surface area contributed by atoms with Gasteiger partial charge in [-0.15, -0.1) is 16.7 Å². The van der Waals surface area contributed by atoms with Gasteiger partial charge in [-0.2, -0.15) is 0 Å². The Labute approximate surface area is 88.8 Å². The molecule has 2 rings (SSSR count). The zero-order valence-corrected chi connectivity index (χ0v) is 8.95. The van der Waals surface area contributed by atoms with Gasteiger partial charge in [0.05, 0.1) is 18.1 Å². The second-order valence-electron chi connectivity index (χ2n) is 3.66. The molecule has 1 aliphatic heterocycles. The predicted octanol–water partition coefficient (Wildman–Crippen LogP) is 1.11. The van der Waals surface area contributed by atoms with Crippen molar-refractivity contribution in [3.63, 3.8) is 0 Å². The van der Waals surface area contributed by atoms with Crippen molar-refractivity contribution < 1.29 is 0 Å².